The number of amides is 2. The van der Waals surface area contributed by atoms with E-state index in [1.807, 2.05) is 6.07 Å². The molecule has 2 N–H and O–H groups in total. The van der Waals surface area contributed by atoms with Crippen molar-refractivity contribution in [2.45, 2.75) is 58.0 Å². The van der Waals surface area contributed by atoms with E-state index >= 15 is 0 Å². The maximum absolute atomic E-state index is 12.6. The Kier molecular flexibility index (Phi) is 7.27. The molecule has 5 nitrogen and oxygen atoms in total. The van der Waals surface area contributed by atoms with E-state index in [1.54, 1.807) is 18.2 Å². The normalized spacial score (nSPS) is 16.3. The molecule has 0 unspecified atom stereocenters. The number of anilines is 1. The van der Waals surface area contributed by atoms with Crippen LogP contribution in [0.2, 0.25) is 0 Å². The van der Waals surface area contributed by atoms with Gasteiger partial charge in [-0.05, 0) is 47.9 Å². The van der Waals surface area contributed by atoms with E-state index in [4.69, 9.17) is 4.74 Å². The second kappa shape index (κ2) is 9.90. The van der Waals surface area contributed by atoms with Crippen LogP contribution >= 0.6 is 0 Å². The molecule has 1 aliphatic rings. The number of ether oxygens (including phenoxy) is 1. The van der Waals surface area contributed by atoms with Crippen molar-refractivity contribution in [3.8, 4) is 0 Å². The number of carbonyl (C=O) groups excluding carboxylic acids is 2. The summed E-state index contributed by atoms with van der Waals surface area (Å²) >= 11 is 0. The summed E-state index contributed by atoms with van der Waals surface area (Å²) in [5.74, 6) is -0.298. The zero-order valence-corrected chi connectivity index (χ0v) is 18.2. The van der Waals surface area contributed by atoms with Gasteiger partial charge in [-0.3, -0.25) is 9.59 Å². The quantitative estimate of drug-likeness (QED) is 0.711. The van der Waals surface area contributed by atoms with E-state index in [0.29, 0.717) is 30.6 Å². The van der Waals surface area contributed by atoms with Gasteiger partial charge in [-0.1, -0.05) is 57.2 Å². The molecule has 0 bridgehead atoms. The molecule has 0 aliphatic carbocycles. The van der Waals surface area contributed by atoms with Crippen LogP contribution in [0, 0.1) is 0 Å². The van der Waals surface area contributed by atoms with Gasteiger partial charge in [-0.25, -0.2) is 0 Å². The molecule has 0 aromatic heterocycles. The molecular weight excluding hydrogens is 376 g/mol. The van der Waals surface area contributed by atoms with E-state index in [0.717, 1.165) is 25.0 Å². The molecule has 2 aromatic rings. The average Bonchev–Trinajstić information content (AvgIpc) is 3.24. The zero-order chi connectivity index (χ0) is 21.6. The van der Waals surface area contributed by atoms with Crippen LogP contribution in [0.25, 0.3) is 0 Å². The first-order chi connectivity index (χ1) is 14.3. The number of para-hydroxylation sites is 1. The molecule has 3 rings (SSSR count). The van der Waals surface area contributed by atoms with Gasteiger partial charge in [0.15, 0.2) is 0 Å². The number of carbonyl (C=O) groups is 2. The van der Waals surface area contributed by atoms with Crippen molar-refractivity contribution in [3.63, 3.8) is 0 Å². The minimum Gasteiger partial charge on any atom is -0.376 e. The van der Waals surface area contributed by atoms with Crippen LogP contribution in [0.5, 0.6) is 0 Å². The van der Waals surface area contributed by atoms with Gasteiger partial charge in [0.1, 0.15) is 0 Å². The van der Waals surface area contributed by atoms with Gasteiger partial charge in [-0.2, -0.15) is 0 Å². The number of hydrogen-bond acceptors (Lipinski definition) is 3. The van der Waals surface area contributed by atoms with Crippen molar-refractivity contribution in [3.05, 3.63) is 65.2 Å². The number of nitrogens with one attached hydrogen (secondary N) is 2. The molecule has 1 aliphatic heterocycles. The fourth-order valence-corrected chi connectivity index (χ4v) is 3.54. The Morgan fingerprint density at radius 1 is 1.07 bits per heavy atom. The van der Waals surface area contributed by atoms with Crippen molar-refractivity contribution in [2.24, 2.45) is 0 Å². The van der Waals surface area contributed by atoms with E-state index in [1.165, 1.54) is 5.56 Å². The predicted molar refractivity (Wildman–Crippen MR) is 120 cm³/mol. The molecule has 1 heterocycles. The highest BCUT2D eigenvalue weighted by Gasteiger charge is 2.18. The van der Waals surface area contributed by atoms with Crippen LogP contribution < -0.4 is 10.6 Å². The van der Waals surface area contributed by atoms with Crippen molar-refractivity contribution in [2.75, 3.05) is 18.5 Å². The van der Waals surface area contributed by atoms with E-state index in [2.05, 4.69) is 55.7 Å². The third-order valence-electron chi connectivity index (χ3n) is 5.42. The Bertz CT molecular complexity index is 863. The Labute approximate surface area is 179 Å². The molecule has 1 atom stereocenters. The lowest BCUT2D eigenvalue weighted by molar-refractivity contribution is -0.116. The third-order valence-corrected chi connectivity index (χ3v) is 5.42. The highest BCUT2D eigenvalue weighted by Crippen LogP contribution is 2.22. The first kappa shape index (κ1) is 22.0. The van der Waals surface area contributed by atoms with Crippen LogP contribution in [0.15, 0.2) is 48.5 Å². The average molecular weight is 409 g/mol. The van der Waals surface area contributed by atoms with Gasteiger partial charge in [-0.15, -0.1) is 0 Å². The summed E-state index contributed by atoms with van der Waals surface area (Å²) in [7, 11) is 0. The molecule has 1 fully saturated rings. The van der Waals surface area contributed by atoms with Gasteiger partial charge >= 0.3 is 0 Å². The first-order valence-corrected chi connectivity index (χ1v) is 10.7. The molecule has 160 valence electrons. The maximum Gasteiger partial charge on any atom is 0.253 e. The standard InChI is InChI=1S/C25H32N2O3/c1-25(2,3)19-13-10-18(11-14-19)12-15-23(28)27-22-9-5-4-8-21(22)24(29)26-17-20-7-6-16-30-20/h4-5,8-11,13-14,20H,6-7,12,15-17H2,1-3H3,(H,26,29)(H,27,28)/t20-/m1/s1. The van der Waals surface area contributed by atoms with Crippen LogP contribution in [-0.2, 0) is 21.4 Å². The Hall–Kier alpha value is -2.66. The van der Waals surface area contributed by atoms with Gasteiger partial charge in [0.25, 0.3) is 5.91 Å². The van der Waals surface area contributed by atoms with Crippen LogP contribution in [0.3, 0.4) is 0 Å². The van der Waals surface area contributed by atoms with Crippen molar-refractivity contribution < 1.29 is 14.3 Å². The van der Waals surface area contributed by atoms with E-state index < -0.39 is 0 Å². The van der Waals surface area contributed by atoms with Crippen molar-refractivity contribution in [1.82, 2.24) is 5.32 Å². The number of rotatable bonds is 7. The maximum atomic E-state index is 12.6. The lowest BCUT2D eigenvalue weighted by Gasteiger charge is -2.19. The van der Waals surface area contributed by atoms with Gasteiger partial charge in [0.05, 0.1) is 17.4 Å². The largest absolute Gasteiger partial charge is 0.376 e. The molecule has 0 spiro atoms. The van der Waals surface area contributed by atoms with Crippen molar-refractivity contribution >= 4 is 17.5 Å². The molecule has 2 amide bonds. The number of hydrogen-bond donors (Lipinski definition) is 2. The lowest BCUT2D eigenvalue weighted by Crippen LogP contribution is -2.32. The third kappa shape index (κ3) is 6.17. The van der Waals surface area contributed by atoms with Gasteiger partial charge in [0, 0.05) is 19.6 Å². The zero-order valence-electron chi connectivity index (χ0n) is 18.2. The minimum atomic E-state index is -0.195. The summed E-state index contributed by atoms with van der Waals surface area (Å²) in [6.07, 6.45) is 3.10. The summed E-state index contributed by atoms with van der Waals surface area (Å²) in [5, 5.41) is 5.81. The van der Waals surface area contributed by atoms with Crippen LogP contribution in [-0.4, -0.2) is 31.1 Å². The highest BCUT2D eigenvalue weighted by molar-refractivity contribution is 6.03. The second-order valence-electron chi connectivity index (χ2n) is 8.89. The molecule has 2 aromatic carbocycles. The van der Waals surface area contributed by atoms with Gasteiger partial charge < -0.3 is 15.4 Å². The molecule has 1 saturated heterocycles. The van der Waals surface area contributed by atoms with E-state index in [9.17, 15) is 9.59 Å². The van der Waals surface area contributed by atoms with Gasteiger partial charge in [0.2, 0.25) is 5.91 Å². The molecule has 0 radical (unpaired) electrons. The summed E-state index contributed by atoms with van der Waals surface area (Å²) in [5.41, 5.74) is 3.53. The minimum absolute atomic E-state index is 0.0837. The topological polar surface area (TPSA) is 67.4 Å². The molecule has 30 heavy (non-hydrogen) atoms. The summed E-state index contributed by atoms with van der Waals surface area (Å²) < 4.78 is 5.55. The lowest BCUT2D eigenvalue weighted by atomic mass is 9.86. The predicted octanol–water partition coefficient (Wildman–Crippen LogP) is 4.46. The Balaban J connectivity index is 1.54. The molecule has 5 heteroatoms. The fraction of sp³-hybridized carbons (Fsp3) is 0.440. The second-order valence-corrected chi connectivity index (χ2v) is 8.89. The Morgan fingerprint density at radius 2 is 1.80 bits per heavy atom. The fourth-order valence-electron chi connectivity index (χ4n) is 3.54. The SMILES string of the molecule is CC(C)(C)c1ccc(CCC(=O)Nc2ccccc2C(=O)NC[C@H]2CCCO2)cc1. The molecule has 0 saturated carbocycles. The van der Waals surface area contributed by atoms with Crippen LogP contribution in [0.1, 0.15) is 61.5 Å². The summed E-state index contributed by atoms with van der Waals surface area (Å²) in [6, 6.07) is 15.5. The number of aryl methyl sites for hydroxylation is 1. The Morgan fingerprint density at radius 3 is 2.47 bits per heavy atom. The molecular formula is C25H32N2O3. The first-order valence-electron chi connectivity index (χ1n) is 10.7. The summed E-state index contributed by atoms with van der Waals surface area (Å²) in [6.45, 7) is 7.80. The summed E-state index contributed by atoms with van der Waals surface area (Å²) in [4.78, 5) is 25.1. The smallest absolute Gasteiger partial charge is 0.253 e. The van der Waals surface area contributed by atoms with Crippen LogP contribution in [0.4, 0.5) is 5.69 Å². The number of benzene rings is 2. The van der Waals surface area contributed by atoms with Crippen molar-refractivity contribution in [1.29, 1.82) is 0 Å². The monoisotopic (exact) mass is 408 g/mol. The van der Waals surface area contributed by atoms with E-state index in [-0.39, 0.29) is 23.3 Å². The highest BCUT2D eigenvalue weighted by atomic mass is 16.5.